The molecule has 0 aromatic rings. The number of hydrogen-bond acceptors (Lipinski definition) is 2. The molecule has 1 aliphatic rings. The molecule has 1 aliphatic heterocycles. The fourth-order valence-electron chi connectivity index (χ4n) is 1.22. The zero-order valence-corrected chi connectivity index (χ0v) is 9.32. The van der Waals surface area contributed by atoms with Gasteiger partial charge in [0, 0.05) is 35.4 Å². The molecular formula is C9H21NOS. The van der Waals surface area contributed by atoms with Gasteiger partial charge in [0.1, 0.15) is 0 Å². The van der Waals surface area contributed by atoms with Gasteiger partial charge in [-0.1, -0.05) is 20.8 Å². The first-order valence-electron chi connectivity index (χ1n) is 4.90. The summed E-state index contributed by atoms with van der Waals surface area (Å²) in [7, 11) is -0.506. The van der Waals surface area contributed by atoms with Crippen LogP contribution >= 0.6 is 0 Å². The molecule has 0 aliphatic carbocycles. The lowest BCUT2D eigenvalue weighted by Crippen LogP contribution is -2.37. The highest BCUT2D eigenvalue weighted by molar-refractivity contribution is 7.85. The van der Waals surface area contributed by atoms with Crippen LogP contribution in [0.3, 0.4) is 0 Å². The predicted molar refractivity (Wildman–Crippen MR) is 56.0 cm³/mol. The van der Waals surface area contributed by atoms with Crippen molar-refractivity contribution in [3.63, 3.8) is 0 Å². The third kappa shape index (κ3) is 4.88. The Morgan fingerprint density at radius 2 is 1.75 bits per heavy atom. The maximum absolute atomic E-state index is 10.9. The fraction of sp³-hybridized carbons (Fsp3) is 1.00. The van der Waals surface area contributed by atoms with Gasteiger partial charge >= 0.3 is 0 Å². The Kier molecular flexibility index (Phi) is 7.81. The zero-order chi connectivity index (χ0) is 9.40. The van der Waals surface area contributed by atoms with Crippen LogP contribution in [0.15, 0.2) is 0 Å². The quantitative estimate of drug-likeness (QED) is 0.659. The molecule has 0 bridgehead atoms. The molecule has 3 heteroatoms. The van der Waals surface area contributed by atoms with Crippen LogP contribution in [-0.2, 0) is 10.8 Å². The van der Waals surface area contributed by atoms with E-state index in [0.29, 0.717) is 0 Å². The molecule has 0 unspecified atom stereocenters. The summed E-state index contributed by atoms with van der Waals surface area (Å²) in [5.41, 5.74) is 0. The Hall–Kier alpha value is 0.110. The summed E-state index contributed by atoms with van der Waals surface area (Å²) in [6.07, 6.45) is 1.21. The number of nitrogens with zero attached hydrogens (tertiary/aromatic N) is 1. The summed E-state index contributed by atoms with van der Waals surface area (Å²) in [6.45, 7) is 9.45. The largest absolute Gasteiger partial charge is 0.302 e. The molecular weight excluding hydrogens is 170 g/mol. The molecule has 1 saturated heterocycles. The average Bonchev–Trinajstić information content (AvgIpc) is 2.13. The molecule has 12 heavy (non-hydrogen) atoms. The molecule has 0 spiro atoms. The van der Waals surface area contributed by atoms with Crippen LogP contribution in [0.1, 0.15) is 27.2 Å². The molecule has 0 radical (unpaired) electrons. The number of rotatable bonds is 2. The van der Waals surface area contributed by atoms with E-state index in [4.69, 9.17) is 0 Å². The monoisotopic (exact) mass is 191 g/mol. The van der Waals surface area contributed by atoms with Gasteiger partial charge in [-0.3, -0.25) is 4.21 Å². The molecule has 0 amide bonds. The summed E-state index contributed by atoms with van der Waals surface area (Å²) in [4.78, 5) is 2.39. The molecule has 74 valence electrons. The van der Waals surface area contributed by atoms with Gasteiger partial charge in [-0.2, -0.15) is 0 Å². The fourth-order valence-corrected chi connectivity index (χ4v) is 2.34. The van der Waals surface area contributed by atoms with Gasteiger partial charge in [0.25, 0.3) is 0 Å². The van der Waals surface area contributed by atoms with Crippen LogP contribution in [0.4, 0.5) is 0 Å². The van der Waals surface area contributed by atoms with Crippen LogP contribution < -0.4 is 0 Å². The van der Waals surface area contributed by atoms with Crippen molar-refractivity contribution in [1.29, 1.82) is 0 Å². The maximum atomic E-state index is 10.9. The van der Waals surface area contributed by atoms with Gasteiger partial charge in [-0.25, -0.2) is 0 Å². The predicted octanol–water partition coefficient (Wildman–Crippen LogP) is 1.49. The second-order valence-electron chi connectivity index (χ2n) is 2.69. The van der Waals surface area contributed by atoms with Crippen LogP contribution in [-0.4, -0.2) is 40.2 Å². The first-order valence-corrected chi connectivity index (χ1v) is 6.39. The van der Waals surface area contributed by atoms with Crippen molar-refractivity contribution in [1.82, 2.24) is 4.90 Å². The van der Waals surface area contributed by atoms with Crippen molar-refractivity contribution in [3.05, 3.63) is 0 Å². The summed E-state index contributed by atoms with van der Waals surface area (Å²) in [5, 5.41) is 0. The van der Waals surface area contributed by atoms with E-state index in [2.05, 4.69) is 11.8 Å². The molecule has 0 aromatic heterocycles. The van der Waals surface area contributed by atoms with Gasteiger partial charge in [-0.15, -0.1) is 0 Å². The summed E-state index contributed by atoms with van der Waals surface area (Å²) in [5.74, 6) is 1.78. The van der Waals surface area contributed by atoms with Gasteiger partial charge < -0.3 is 4.90 Å². The lowest BCUT2D eigenvalue weighted by molar-refractivity contribution is 0.300. The van der Waals surface area contributed by atoms with E-state index in [1.165, 1.54) is 13.0 Å². The summed E-state index contributed by atoms with van der Waals surface area (Å²) >= 11 is 0. The van der Waals surface area contributed by atoms with Crippen LogP contribution in [0, 0.1) is 0 Å². The van der Waals surface area contributed by atoms with Crippen LogP contribution in [0.25, 0.3) is 0 Å². The number of hydrogen-bond donors (Lipinski definition) is 0. The van der Waals surface area contributed by atoms with E-state index in [0.717, 1.165) is 24.6 Å². The smallest absolute Gasteiger partial charge is 0.0363 e. The Balaban J connectivity index is 0.000000561. The highest BCUT2D eigenvalue weighted by Crippen LogP contribution is 1.99. The van der Waals surface area contributed by atoms with Crippen molar-refractivity contribution in [2.24, 2.45) is 0 Å². The van der Waals surface area contributed by atoms with E-state index in [1.54, 1.807) is 0 Å². The maximum Gasteiger partial charge on any atom is 0.0363 e. The second-order valence-corrected chi connectivity index (χ2v) is 4.39. The molecule has 0 atom stereocenters. The minimum Gasteiger partial charge on any atom is -0.302 e. The highest BCUT2D eigenvalue weighted by Gasteiger charge is 2.12. The Labute approximate surface area is 78.8 Å². The van der Waals surface area contributed by atoms with E-state index in [9.17, 15) is 4.21 Å². The Bertz CT molecular complexity index is 118. The first-order chi connectivity index (χ1) is 5.83. The Morgan fingerprint density at radius 3 is 2.17 bits per heavy atom. The summed E-state index contributed by atoms with van der Waals surface area (Å²) in [6, 6.07) is 0. The van der Waals surface area contributed by atoms with Crippen LogP contribution in [0.2, 0.25) is 0 Å². The zero-order valence-electron chi connectivity index (χ0n) is 8.51. The normalized spacial score (nSPS) is 19.9. The minimum absolute atomic E-state index is 0.506. The third-order valence-electron chi connectivity index (χ3n) is 1.81. The average molecular weight is 191 g/mol. The van der Waals surface area contributed by atoms with Gasteiger partial charge in [0.15, 0.2) is 0 Å². The van der Waals surface area contributed by atoms with E-state index in [1.807, 2.05) is 13.8 Å². The van der Waals surface area contributed by atoms with Gasteiger partial charge in [0.05, 0.1) is 0 Å². The topological polar surface area (TPSA) is 20.3 Å². The van der Waals surface area contributed by atoms with E-state index in [-0.39, 0.29) is 0 Å². The molecule has 0 aromatic carbocycles. The molecule has 1 rings (SSSR count). The molecule has 0 saturated carbocycles. The lowest BCUT2D eigenvalue weighted by atomic mass is 10.4. The van der Waals surface area contributed by atoms with E-state index >= 15 is 0 Å². The standard InChI is InChI=1S/C7H15NOS.C2H6/c1-2-3-8-4-6-10(9)7-5-8;1-2/h2-7H2,1H3;1-2H3. The van der Waals surface area contributed by atoms with Crippen molar-refractivity contribution < 1.29 is 4.21 Å². The van der Waals surface area contributed by atoms with Crippen molar-refractivity contribution in [2.45, 2.75) is 27.2 Å². The molecule has 1 heterocycles. The highest BCUT2D eigenvalue weighted by atomic mass is 32.2. The van der Waals surface area contributed by atoms with Crippen LogP contribution in [0.5, 0.6) is 0 Å². The molecule has 0 N–H and O–H groups in total. The minimum atomic E-state index is -0.506. The van der Waals surface area contributed by atoms with Gasteiger partial charge in [-0.05, 0) is 13.0 Å². The van der Waals surface area contributed by atoms with Crippen molar-refractivity contribution in [3.8, 4) is 0 Å². The van der Waals surface area contributed by atoms with Gasteiger partial charge in [0.2, 0.25) is 0 Å². The second kappa shape index (κ2) is 7.74. The molecule has 1 fully saturated rings. The summed E-state index contributed by atoms with van der Waals surface area (Å²) < 4.78 is 10.9. The Morgan fingerprint density at radius 1 is 1.25 bits per heavy atom. The van der Waals surface area contributed by atoms with Crippen molar-refractivity contribution >= 4 is 10.8 Å². The van der Waals surface area contributed by atoms with E-state index < -0.39 is 10.8 Å². The molecule has 2 nitrogen and oxygen atoms in total. The lowest BCUT2D eigenvalue weighted by Gasteiger charge is -2.25. The third-order valence-corrected chi connectivity index (χ3v) is 3.09. The SMILES string of the molecule is CC.CCCN1CCS(=O)CC1. The first kappa shape index (κ1) is 12.1. The van der Waals surface area contributed by atoms with Crippen molar-refractivity contribution in [2.75, 3.05) is 31.1 Å².